The molecule has 19 heavy (non-hydrogen) atoms. The first kappa shape index (κ1) is 13.5. The second-order valence-electron chi connectivity index (χ2n) is 3.87. The summed E-state index contributed by atoms with van der Waals surface area (Å²) in [5.74, 6) is 0.492. The number of hydrogen-bond donors (Lipinski definition) is 1. The highest BCUT2D eigenvalue weighted by Crippen LogP contribution is 2.23. The largest absolute Gasteiger partial charge is 0.481 e. The van der Waals surface area contributed by atoms with E-state index < -0.39 is 5.97 Å². The average molecular weight is 323 g/mol. The molecule has 0 atom stereocenters. The number of hydrogen-bond acceptors (Lipinski definition) is 4. The van der Waals surface area contributed by atoms with Crippen molar-refractivity contribution in [2.75, 3.05) is 0 Å². The number of halogens is 1. The van der Waals surface area contributed by atoms with Gasteiger partial charge in [-0.25, -0.2) is 4.98 Å². The molecule has 0 aliphatic heterocycles. The molecular weight excluding hydrogens is 312 g/mol. The molecule has 6 heteroatoms. The molecule has 0 aliphatic carbocycles. The predicted octanol–water partition coefficient (Wildman–Crippen LogP) is 2.97. The lowest BCUT2D eigenvalue weighted by molar-refractivity contribution is -0.136. The summed E-state index contributed by atoms with van der Waals surface area (Å²) in [4.78, 5) is 18.9. The van der Waals surface area contributed by atoms with Crippen molar-refractivity contribution in [1.29, 1.82) is 0 Å². The van der Waals surface area contributed by atoms with Crippen molar-refractivity contribution >= 4 is 21.9 Å². The van der Waals surface area contributed by atoms with Crippen LogP contribution in [0.25, 0.3) is 0 Å². The highest BCUT2D eigenvalue weighted by Gasteiger charge is 2.07. The zero-order chi connectivity index (χ0) is 13.8. The van der Waals surface area contributed by atoms with Crippen LogP contribution in [0.3, 0.4) is 0 Å². The van der Waals surface area contributed by atoms with Crippen molar-refractivity contribution in [2.24, 2.45) is 0 Å². The molecule has 0 unspecified atom stereocenters. The maximum atomic E-state index is 10.7. The molecule has 0 aliphatic rings. The maximum absolute atomic E-state index is 10.7. The molecule has 0 amide bonds. The number of ether oxygens (including phenoxy) is 1. The van der Waals surface area contributed by atoms with Crippen molar-refractivity contribution in [1.82, 2.24) is 9.97 Å². The number of rotatable bonds is 4. The van der Waals surface area contributed by atoms with E-state index in [4.69, 9.17) is 9.84 Å². The average Bonchev–Trinajstić information content (AvgIpc) is 2.26. The number of benzene rings is 1. The van der Waals surface area contributed by atoms with Gasteiger partial charge in [0.2, 0.25) is 5.88 Å². The van der Waals surface area contributed by atoms with E-state index in [9.17, 15) is 4.79 Å². The molecule has 1 aromatic heterocycles. The Balaban J connectivity index is 2.24. The van der Waals surface area contributed by atoms with Gasteiger partial charge in [0.1, 0.15) is 11.6 Å². The minimum Gasteiger partial charge on any atom is -0.481 e. The summed E-state index contributed by atoms with van der Waals surface area (Å²) in [5.41, 5.74) is 0.421. The van der Waals surface area contributed by atoms with Gasteiger partial charge in [0.25, 0.3) is 0 Å². The monoisotopic (exact) mass is 322 g/mol. The molecule has 0 bridgehead atoms. The van der Waals surface area contributed by atoms with E-state index in [0.29, 0.717) is 23.1 Å². The Morgan fingerprint density at radius 1 is 1.37 bits per heavy atom. The zero-order valence-corrected chi connectivity index (χ0v) is 11.7. The van der Waals surface area contributed by atoms with Crippen molar-refractivity contribution in [2.45, 2.75) is 13.3 Å². The SMILES string of the molecule is Cc1nc(CC(=O)O)cc(Oc2cccc(Br)c2)n1. The summed E-state index contributed by atoms with van der Waals surface area (Å²) in [5, 5.41) is 8.77. The number of carbonyl (C=O) groups is 1. The molecule has 0 saturated heterocycles. The van der Waals surface area contributed by atoms with Crippen LogP contribution in [0.2, 0.25) is 0 Å². The van der Waals surface area contributed by atoms with Gasteiger partial charge in [0.05, 0.1) is 12.1 Å². The lowest BCUT2D eigenvalue weighted by Crippen LogP contribution is -2.05. The fourth-order valence-corrected chi connectivity index (χ4v) is 1.93. The molecule has 0 radical (unpaired) electrons. The molecule has 1 heterocycles. The first-order chi connectivity index (χ1) is 9.02. The first-order valence-corrected chi connectivity index (χ1v) is 6.32. The molecule has 98 valence electrons. The van der Waals surface area contributed by atoms with Crippen molar-refractivity contribution in [3.8, 4) is 11.6 Å². The molecule has 0 saturated carbocycles. The number of aromatic nitrogens is 2. The van der Waals surface area contributed by atoms with Crippen LogP contribution in [-0.2, 0) is 11.2 Å². The number of aryl methyl sites for hydroxylation is 1. The Kier molecular flexibility index (Phi) is 4.11. The second-order valence-corrected chi connectivity index (χ2v) is 4.79. The van der Waals surface area contributed by atoms with E-state index in [0.717, 1.165) is 4.47 Å². The van der Waals surface area contributed by atoms with Gasteiger partial charge in [0.15, 0.2) is 0 Å². The van der Waals surface area contributed by atoms with Gasteiger partial charge in [0, 0.05) is 10.5 Å². The van der Waals surface area contributed by atoms with Gasteiger partial charge in [-0.3, -0.25) is 4.79 Å². The van der Waals surface area contributed by atoms with E-state index in [-0.39, 0.29) is 6.42 Å². The molecule has 2 rings (SSSR count). The topological polar surface area (TPSA) is 72.3 Å². The predicted molar refractivity (Wildman–Crippen MR) is 72.3 cm³/mol. The van der Waals surface area contributed by atoms with E-state index in [1.807, 2.05) is 12.1 Å². The Bertz CT molecular complexity index is 617. The van der Waals surface area contributed by atoms with Crippen LogP contribution < -0.4 is 4.74 Å². The fourth-order valence-electron chi connectivity index (χ4n) is 1.55. The standard InChI is InChI=1S/C13H11BrN2O3/c1-8-15-10(7-13(17)18)6-12(16-8)19-11-4-2-3-9(14)5-11/h2-6H,7H2,1H3,(H,17,18). The molecule has 0 spiro atoms. The van der Waals surface area contributed by atoms with Gasteiger partial charge < -0.3 is 9.84 Å². The minimum absolute atomic E-state index is 0.155. The fraction of sp³-hybridized carbons (Fsp3) is 0.154. The molecule has 1 N–H and O–H groups in total. The lowest BCUT2D eigenvalue weighted by atomic mass is 10.3. The van der Waals surface area contributed by atoms with E-state index >= 15 is 0 Å². The summed E-state index contributed by atoms with van der Waals surface area (Å²) in [6.45, 7) is 1.69. The van der Waals surface area contributed by atoms with Crippen molar-refractivity contribution in [3.63, 3.8) is 0 Å². The van der Waals surface area contributed by atoms with Crippen LogP contribution in [0, 0.1) is 6.92 Å². The van der Waals surface area contributed by atoms with Gasteiger partial charge in [-0.2, -0.15) is 4.98 Å². The highest BCUT2D eigenvalue weighted by molar-refractivity contribution is 9.10. The second kappa shape index (κ2) is 5.79. The van der Waals surface area contributed by atoms with Crippen LogP contribution in [0.15, 0.2) is 34.8 Å². The summed E-state index contributed by atoms with van der Waals surface area (Å²) < 4.78 is 6.48. The molecular formula is C13H11BrN2O3. The van der Waals surface area contributed by atoms with E-state index in [1.165, 1.54) is 6.07 Å². The third-order valence-corrected chi connectivity index (χ3v) is 2.71. The highest BCUT2D eigenvalue weighted by atomic mass is 79.9. The first-order valence-electron chi connectivity index (χ1n) is 5.53. The lowest BCUT2D eigenvalue weighted by Gasteiger charge is -2.07. The number of carboxylic acids is 1. The third-order valence-electron chi connectivity index (χ3n) is 2.22. The Labute approximate surface area is 118 Å². The Morgan fingerprint density at radius 2 is 2.16 bits per heavy atom. The summed E-state index contributed by atoms with van der Waals surface area (Å²) >= 11 is 3.35. The van der Waals surface area contributed by atoms with Crippen LogP contribution >= 0.6 is 15.9 Å². The summed E-state index contributed by atoms with van der Waals surface area (Å²) in [6, 6.07) is 8.84. The van der Waals surface area contributed by atoms with Gasteiger partial charge in [-0.15, -0.1) is 0 Å². The number of carboxylic acid groups (broad SMARTS) is 1. The zero-order valence-electron chi connectivity index (χ0n) is 10.1. The molecule has 2 aromatic rings. The Morgan fingerprint density at radius 3 is 2.84 bits per heavy atom. The van der Waals surface area contributed by atoms with Gasteiger partial charge >= 0.3 is 5.97 Å². The smallest absolute Gasteiger partial charge is 0.309 e. The normalized spacial score (nSPS) is 10.2. The van der Waals surface area contributed by atoms with Crippen LogP contribution in [0.4, 0.5) is 0 Å². The van der Waals surface area contributed by atoms with Gasteiger partial charge in [-0.05, 0) is 25.1 Å². The van der Waals surface area contributed by atoms with Crippen molar-refractivity contribution < 1.29 is 14.6 Å². The van der Waals surface area contributed by atoms with E-state index in [2.05, 4.69) is 25.9 Å². The summed E-state index contributed by atoms with van der Waals surface area (Å²) in [6.07, 6.45) is -0.155. The molecule has 1 aromatic carbocycles. The van der Waals surface area contributed by atoms with Crippen LogP contribution in [0.1, 0.15) is 11.5 Å². The number of nitrogens with zero attached hydrogens (tertiary/aromatic N) is 2. The molecule has 5 nitrogen and oxygen atoms in total. The third kappa shape index (κ3) is 4.03. The minimum atomic E-state index is -0.938. The maximum Gasteiger partial charge on any atom is 0.309 e. The van der Waals surface area contributed by atoms with Crippen LogP contribution in [0.5, 0.6) is 11.6 Å². The van der Waals surface area contributed by atoms with Crippen molar-refractivity contribution in [3.05, 3.63) is 46.3 Å². The van der Waals surface area contributed by atoms with Gasteiger partial charge in [-0.1, -0.05) is 22.0 Å². The van der Waals surface area contributed by atoms with Crippen LogP contribution in [-0.4, -0.2) is 21.0 Å². The molecule has 0 fully saturated rings. The van der Waals surface area contributed by atoms with E-state index in [1.54, 1.807) is 19.1 Å². The Hall–Kier alpha value is -1.95. The quantitative estimate of drug-likeness (QED) is 0.936. The summed E-state index contributed by atoms with van der Waals surface area (Å²) in [7, 11) is 0. The number of aliphatic carboxylic acids is 1.